The van der Waals surface area contributed by atoms with Crippen molar-refractivity contribution in [3.05, 3.63) is 24.3 Å². The molecule has 0 spiro atoms. The summed E-state index contributed by atoms with van der Waals surface area (Å²) in [7, 11) is 0. The van der Waals surface area contributed by atoms with Crippen LogP contribution < -0.4 is 10.2 Å². The van der Waals surface area contributed by atoms with Crippen molar-refractivity contribution in [3.8, 4) is 0 Å². The van der Waals surface area contributed by atoms with Gasteiger partial charge >= 0.3 is 0 Å². The molecule has 2 aliphatic rings. The van der Waals surface area contributed by atoms with E-state index in [1.165, 1.54) is 24.0 Å². The number of carbonyl (C=O) groups excluding carboxylic acids is 1. The van der Waals surface area contributed by atoms with Gasteiger partial charge in [-0.3, -0.25) is 4.79 Å². The molecular formula is C20H27N3O2S. The number of hydrogen-bond donors (Lipinski definition) is 1. The largest absolute Gasteiger partial charge is 0.368 e. The molecule has 4 rings (SSSR count). The zero-order chi connectivity index (χ0) is 17.8. The fraction of sp³-hybridized carbons (Fsp3) is 0.600. The van der Waals surface area contributed by atoms with Crippen molar-refractivity contribution >= 4 is 32.6 Å². The highest BCUT2D eigenvalue weighted by Gasteiger charge is 2.23. The third-order valence-electron chi connectivity index (χ3n) is 5.42. The highest BCUT2D eigenvalue weighted by Crippen LogP contribution is 2.30. The van der Waals surface area contributed by atoms with Crippen LogP contribution in [0.4, 0.5) is 5.13 Å². The summed E-state index contributed by atoms with van der Waals surface area (Å²) >= 11 is 1.75. The average molecular weight is 374 g/mol. The van der Waals surface area contributed by atoms with Crippen LogP contribution in [0.1, 0.15) is 44.9 Å². The second kappa shape index (κ2) is 8.35. The minimum Gasteiger partial charge on any atom is -0.368 e. The van der Waals surface area contributed by atoms with Crippen molar-refractivity contribution in [3.63, 3.8) is 0 Å². The van der Waals surface area contributed by atoms with Gasteiger partial charge in [0.15, 0.2) is 5.13 Å². The fourth-order valence-electron chi connectivity index (χ4n) is 3.91. The number of rotatable bonds is 5. The maximum absolute atomic E-state index is 12.2. The molecule has 1 aromatic heterocycles. The maximum atomic E-state index is 12.2. The molecule has 26 heavy (non-hydrogen) atoms. The van der Waals surface area contributed by atoms with Crippen LogP contribution in [0.5, 0.6) is 0 Å². The molecule has 2 fully saturated rings. The number of hydrogen-bond acceptors (Lipinski definition) is 5. The SMILES string of the molecule is O=C(COC1CCCCC1)NC1CCN(c2nc3ccccc3s2)CC1. The molecule has 6 heteroatoms. The molecule has 1 aliphatic carbocycles. The van der Waals surface area contributed by atoms with E-state index >= 15 is 0 Å². The lowest BCUT2D eigenvalue weighted by Crippen LogP contribution is -2.46. The number of piperidine rings is 1. The summed E-state index contributed by atoms with van der Waals surface area (Å²) in [6.45, 7) is 2.09. The number of fused-ring (bicyclic) bond motifs is 1. The predicted molar refractivity (Wildman–Crippen MR) is 106 cm³/mol. The van der Waals surface area contributed by atoms with Crippen molar-refractivity contribution in [2.45, 2.75) is 57.1 Å². The summed E-state index contributed by atoms with van der Waals surface area (Å²) in [5, 5.41) is 4.24. The Hall–Kier alpha value is -1.66. The molecule has 140 valence electrons. The summed E-state index contributed by atoms with van der Waals surface area (Å²) < 4.78 is 7.01. The van der Waals surface area contributed by atoms with Gasteiger partial charge in [0, 0.05) is 19.1 Å². The molecule has 2 aromatic rings. The summed E-state index contributed by atoms with van der Waals surface area (Å²) in [5.74, 6) is 0.0361. The van der Waals surface area contributed by atoms with E-state index in [1.54, 1.807) is 11.3 Å². The standard InChI is InChI=1S/C20H27N3O2S/c24-19(14-25-16-6-2-1-3-7-16)21-15-10-12-23(13-11-15)20-22-17-8-4-5-9-18(17)26-20/h4-5,8-9,15-16H,1-3,6-7,10-14H2,(H,21,24). The molecule has 0 unspecified atom stereocenters. The van der Waals surface area contributed by atoms with Gasteiger partial charge in [0.25, 0.3) is 0 Å². The number of ether oxygens (including phenoxy) is 1. The van der Waals surface area contributed by atoms with Gasteiger partial charge in [0.2, 0.25) is 5.91 Å². The Morgan fingerprint density at radius 2 is 1.92 bits per heavy atom. The molecule has 1 saturated heterocycles. The van der Waals surface area contributed by atoms with Crippen molar-refractivity contribution < 1.29 is 9.53 Å². The average Bonchev–Trinajstić information content (AvgIpc) is 3.12. The van der Waals surface area contributed by atoms with Crippen LogP contribution in [0, 0.1) is 0 Å². The van der Waals surface area contributed by atoms with E-state index in [4.69, 9.17) is 9.72 Å². The van der Waals surface area contributed by atoms with Gasteiger partial charge in [-0.2, -0.15) is 0 Å². The first-order valence-electron chi connectivity index (χ1n) is 9.79. The first-order chi connectivity index (χ1) is 12.8. The Bertz CT molecular complexity index is 700. The number of para-hydroxylation sites is 1. The molecule has 1 N–H and O–H groups in total. The van der Waals surface area contributed by atoms with Crippen LogP contribution in [-0.4, -0.2) is 42.7 Å². The maximum Gasteiger partial charge on any atom is 0.246 e. The Labute approximate surface area is 158 Å². The van der Waals surface area contributed by atoms with Crippen LogP contribution in [-0.2, 0) is 9.53 Å². The molecule has 1 aromatic carbocycles. The van der Waals surface area contributed by atoms with E-state index in [2.05, 4.69) is 28.4 Å². The Kier molecular flexibility index (Phi) is 5.70. The Balaban J connectivity index is 1.22. The normalized spacial score (nSPS) is 19.8. The summed E-state index contributed by atoms with van der Waals surface area (Å²) in [6.07, 6.45) is 8.19. The predicted octanol–water partition coefficient (Wildman–Crippen LogP) is 3.73. The van der Waals surface area contributed by atoms with Crippen LogP contribution >= 0.6 is 11.3 Å². The van der Waals surface area contributed by atoms with Crippen LogP contribution in [0.3, 0.4) is 0 Å². The molecular weight excluding hydrogens is 346 g/mol. The van der Waals surface area contributed by atoms with Gasteiger partial charge in [0.05, 0.1) is 16.3 Å². The second-order valence-electron chi connectivity index (χ2n) is 7.36. The number of carbonyl (C=O) groups is 1. The van der Waals surface area contributed by atoms with Crippen molar-refractivity contribution in [1.29, 1.82) is 0 Å². The van der Waals surface area contributed by atoms with Gasteiger partial charge in [-0.05, 0) is 37.8 Å². The van der Waals surface area contributed by atoms with Gasteiger partial charge in [0.1, 0.15) is 6.61 Å². The van der Waals surface area contributed by atoms with Gasteiger partial charge in [-0.1, -0.05) is 42.7 Å². The van der Waals surface area contributed by atoms with Crippen LogP contribution in [0.15, 0.2) is 24.3 Å². The Morgan fingerprint density at radius 1 is 1.15 bits per heavy atom. The number of anilines is 1. The minimum absolute atomic E-state index is 0.0361. The zero-order valence-electron chi connectivity index (χ0n) is 15.2. The first-order valence-corrected chi connectivity index (χ1v) is 10.6. The van der Waals surface area contributed by atoms with Gasteiger partial charge in [-0.15, -0.1) is 0 Å². The van der Waals surface area contributed by atoms with E-state index < -0.39 is 0 Å². The monoisotopic (exact) mass is 373 g/mol. The van der Waals surface area contributed by atoms with E-state index in [9.17, 15) is 4.79 Å². The number of aromatic nitrogens is 1. The fourth-order valence-corrected chi connectivity index (χ4v) is 4.92. The summed E-state index contributed by atoms with van der Waals surface area (Å²) in [6, 6.07) is 8.53. The number of nitrogens with one attached hydrogen (secondary N) is 1. The molecule has 2 heterocycles. The summed E-state index contributed by atoms with van der Waals surface area (Å²) in [5.41, 5.74) is 1.07. The van der Waals surface area contributed by atoms with Crippen LogP contribution in [0.25, 0.3) is 10.2 Å². The second-order valence-corrected chi connectivity index (χ2v) is 8.37. The quantitative estimate of drug-likeness (QED) is 0.868. The highest BCUT2D eigenvalue weighted by atomic mass is 32.1. The minimum atomic E-state index is 0.0361. The van der Waals surface area contributed by atoms with E-state index in [0.29, 0.717) is 0 Å². The van der Waals surface area contributed by atoms with E-state index in [1.807, 2.05) is 6.07 Å². The topological polar surface area (TPSA) is 54.5 Å². The van der Waals surface area contributed by atoms with Crippen molar-refractivity contribution in [1.82, 2.24) is 10.3 Å². The number of amides is 1. The first kappa shape index (κ1) is 17.7. The molecule has 1 saturated carbocycles. The molecule has 0 bridgehead atoms. The summed E-state index contributed by atoms with van der Waals surface area (Å²) in [4.78, 5) is 19.2. The lowest BCUT2D eigenvalue weighted by atomic mass is 9.98. The molecule has 1 amide bonds. The smallest absolute Gasteiger partial charge is 0.246 e. The highest BCUT2D eigenvalue weighted by molar-refractivity contribution is 7.22. The van der Waals surface area contributed by atoms with Crippen molar-refractivity contribution in [2.75, 3.05) is 24.6 Å². The zero-order valence-corrected chi connectivity index (χ0v) is 16.0. The molecule has 1 aliphatic heterocycles. The Morgan fingerprint density at radius 3 is 2.69 bits per heavy atom. The number of thiazole rings is 1. The number of nitrogens with zero attached hydrogens (tertiary/aromatic N) is 2. The molecule has 0 radical (unpaired) electrons. The van der Waals surface area contributed by atoms with Gasteiger partial charge < -0.3 is 15.0 Å². The lowest BCUT2D eigenvalue weighted by Gasteiger charge is -2.32. The third-order valence-corrected chi connectivity index (χ3v) is 6.51. The molecule has 5 nitrogen and oxygen atoms in total. The van der Waals surface area contributed by atoms with Gasteiger partial charge in [-0.25, -0.2) is 4.98 Å². The lowest BCUT2D eigenvalue weighted by molar-refractivity contribution is -0.129. The van der Waals surface area contributed by atoms with E-state index in [0.717, 1.165) is 49.4 Å². The third kappa shape index (κ3) is 4.35. The number of benzene rings is 1. The molecule has 0 atom stereocenters. The van der Waals surface area contributed by atoms with E-state index in [-0.39, 0.29) is 24.7 Å². The van der Waals surface area contributed by atoms with Crippen molar-refractivity contribution in [2.24, 2.45) is 0 Å². The van der Waals surface area contributed by atoms with Crippen LogP contribution in [0.2, 0.25) is 0 Å².